The van der Waals surface area contributed by atoms with Gasteiger partial charge in [-0.3, -0.25) is 19.7 Å². The molecular formula is C16H16N4O6. The molecule has 0 saturated heterocycles. The zero-order valence-electron chi connectivity index (χ0n) is 13.4. The summed E-state index contributed by atoms with van der Waals surface area (Å²) in [5, 5.41) is 30.8. The molecule has 0 bridgehead atoms. The van der Waals surface area contributed by atoms with Crippen molar-refractivity contribution in [1.82, 2.24) is 0 Å². The van der Waals surface area contributed by atoms with Crippen LogP contribution in [0.25, 0.3) is 11.1 Å². The van der Waals surface area contributed by atoms with Crippen molar-refractivity contribution in [3.63, 3.8) is 0 Å². The van der Waals surface area contributed by atoms with E-state index in [2.05, 4.69) is 0 Å². The van der Waals surface area contributed by atoms with Crippen LogP contribution >= 0.6 is 0 Å². The molecule has 2 aromatic rings. The lowest BCUT2D eigenvalue weighted by molar-refractivity contribution is -0.384. The van der Waals surface area contributed by atoms with Crippen molar-refractivity contribution in [2.45, 2.75) is 12.5 Å². The van der Waals surface area contributed by atoms with Gasteiger partial charge in [0, 0.05) is 17.5 Å². The minimum atomic E-state index is -1.37. The summed E-state index contributed by atoms with van der Waals surface area (Å²) in [4.78, 5) is 33.3. The Bertz CT molecular complexity index is 912. The predicted octanol–water partition coefficient (Wildman–Crippen LogP) is 0.603. The number of carboxylic acids is 1. The van der Waals surface area contributed by atoms with Gasteiger partial charge in [0.1, 0.15) is 17.4 Å². The number of anilines is 1. The Balaban J connectivity index is 2.77. The summed E-state index contributed by atoms with van der Waals surface area (Å²) in [7, 11) is 0. The molecule has 2 aromatic carbocycles. The zero-order valence-corrected chi connectivity index (χ0v) is 13.4. The Hall–Kier alpha value is -3.66. The van der Waals surface area contributed by atoms with Crippen molar-refractivity contribution in [2.75, 3.05) is 5.73 Å². The summed E-state index contributed by atoms with van der Waals surface area (Å²) in [6, 6.07) is 5.14. The Morgan fingerprint density at radius 2 is 1.88 bits per heavy atom. The fourth-order valence-corrected chi connectivity index (χ4v) is 2.58. The second-order valence-corrected chi connectivity index (χ2v) is 5.50. The van der Waals surface area contributed by atoms with Crippen molar-refractivity contribution in [3.05, 3.63) is 51.6 Å². The number of primary amides is 1. The summed E-state index contributed by atoms with van der Waals surface area (Å²) >= 11 is 0. The molecule has 26 heavy (non-hydrogen) atoms. The van der Waals surface area contributed by atoms with Gasteiger partial charge in [-0.15, -0.1) is 0 Å². The van der Waals surface area contributed by atoms with Crippen LogP contribution in [0.3, 0.4) is 0 Å². The van der Waals surface area contributed by atoms with Crippen LogP contribution in [0, 0.1) is 10.1 Å². The van der Waals surface area contributed by atoms with Gasteiger partial charge in [0.25, 0.3) is 11.6 Å². The third kappa shape index (κ3) is 3.39. The molecule has 10 heteroatoms. The second kappa shape index (κ2) is 7.07. The number of nitro benzene ring substituents is 1. The van der Waals surface area contributed by atoms with Crippen LogP contribution in [0.4, 0.5) is 11.4 Å². The first kappa shape index (κ1) is 18.7. The number of amides is 1. The largest absolute Gasteiger partial charge is 0.507 e. The molecule has 1 atom stereocenters. The summed E-state index contributed by atoms with van der Waals surface area (Å²) in [5.41, 5.74) is 15.6. The van der Waals surface area contributed by atoms with Crippen LogP contribution in [0.15, 0.2) is 30.3 Å². The number of phenols is 1. The highest BCUT2D eigenvalue weighted by Gasteiger charge is 2.28. The number of benzene rings is 2. The van der Waals surface area contributed by atoms with Gasteiger partial charge in [-0.05, 0) is 18.2 Å². The molecule has 0 aromatic heterocycles. The molecule has 0 radical (unpaired) electrons. The molecule has 1 amide bonds. The second-order valence-electron chi connectivity index (χ2n) is 5.50. The number of phenolic OH excluding ortho intramolecular Hbond substituents is 1. The van der Waals surface area contributed by atoms with Crippen molar-refractivity contribution >= 4 is 23.3 Å². The standard InChI is InChI=1S/C16H16N4O6/c17-10(16(23)24)6-7-4-5-11(21)12(14(7)20(25)26)8-2-1-3-9(13(8)18)15(19)22/h1-5,10,21H,6,17-18H2,(H2,19,22)(H,23,24). The average molecular weight is 360 g/mol. The van der Waals surface area contributed by atoms with Crippen LogP contribution in [0.2, 0.25) is 0 Å². The number of aliphatic carboxylic acids is 1. The van der Waals surface area contributed by atoms with E-state index in [4.69, 9.17) is 22.3 Å². The van der Waals surface area contributed by atoms with E-state index in [0.717, 1.165) is 0 Å². The minimum absolute atomic E-state index is 0.00146. The third-order valence-corrected chi connectivity index (χ3v) is 3.82. The highest BCUT2D eigenvalue weighted by molar-refractivity contribution is 6.03. The number of hydrogen-bond donors (Lipinski definition) is 5. The normalized spacial score (nSPS) is 11.7. The van der Waals surface area contributed by atoms with E-state index >= 15 is 0 Å². The lowest BCUT2D eigenvalue weighted by atomic mass is 9.93. The molecule has 0 aliphatic rings. The van der Waals surface area contributed by atoms with Gasteiger partial charge in [0.15, 0.2) is 0 Å². The summed E-state index contributed by atoms with van der Waals surface area (Å²) in [5.74, 6) is -2.63. The molecule has 136 valence electrons. The maximum Gasteiger partial charge on any atom is 0.320 e. The van der Waals surface area contributed by atoms with E-state index in [-0.39, 0.29) is 34.4 Å². The van der Waals surface area contributed by atoms with E-state index in [0.29, 0.717) is 0 Å². The first-order valence-corrected chi connectivity index (χ1v) is 7.31. The van der Waals surface area contributed by atoms with Gasteiger partial charge in [-0.2, -0.15) is 0 Å². The molecule has 0 aliphatic carbocycles. The highest BCUT2D eigenvalue weighted by atomic mass is 16.6. The summed E-state index contributed by atoms with van der Waals surface area (Å²) in [6.07, 6.45) is -0.339. The summed E-state index contributed by atoms with van der Waals surface area (Å²) in [6.45, 7) is 0. The monoisotopic (exact) mass is 360 g/mol. The molecular weight excluding hydrogens is 344 g/mol. The van der Waals surface area contributed by atoms with Crippen molar-refractivity contribution in [1.29, 1.82) is 0 Å². The van der Waals surface area contributed by atoms with Crippen LogP contribution in [-0.4, -0.2) is 33.1 Å². The van der Waals surface area contributed by atoms with Crippen LogP contribution < -0.4 is 17.2 Å². The quantitative estimate of drug-likeness (QED) is 0.280. The molecule has 0 fully saturated rings. The molecule has 10 nitrogen and oxygen atoms in total. The van der Waals surface area contributed by atoms with Crippen LogP contribution in [0.5, 0.6) is 5.75 Å². The number of nitrogens with zero attached hydrogens (tertiary/aromatic N) is 1. The fraction of sp³-hybridized carbons (Fsp3) is 0.125. The first-order valence-electron chi connectivity index (χ1n) is 7.31. The van der Waals surface area contributed by atoms with E-state index in [1.807, 2.05) is 0 Å². The van der Waals surface area contributed by atoms with Gasteiger partial charge in [0.05, 0.1) is 16.2 Å². The maximum absolute atomic E-state index is 11.6. The number of carboxylic acid groups (broad SMARTS) is 1. The van der Waals surface area contributed by atoms with Gasteiger partial charge >= 0.3 is 5.97 Å². The SMILES string of the molecule is NC(=O)c1cccc(-c2c(O)ccc(CC(N)C(=O)O)c2[N+](=O)[O-])c1N. The smallest absolute Gasteiger partial charge is 0.320 e. The molecule has 0 saturated carbocycles. The lowest BCUT2D eigenvalue weighted by Gasteiger charge is -2.14. The number of nitrogens with two attached hydrogens (primary N) is 3. The molecule has 0 heterocycles. The van der Waals surface area contributed by atoms with E-state index in [1.165, 1.54) is 30.3 Å². The number of carbonyl (C=O) groups is 2. The number of nitrogen functional groups attached to an aromatic ring is 1. The average Bonchev–Trinajstić information content (AvgIpc) is 2.55. The molecule has 1 unspecified atom stereocenters. The Kier molecular flexibility index (Phi) is 5.08. The van der Waals surface area contributed by atoms with Gasteiger partial charge in [0.2, 0.25) is 0 Å². The Morgan fingerprint density at radius 1 is 1.23 bits per heavy atom. The van der Waals surface area contributed by atoms with Crippen molar-refractivity contribution in [2.24, 2.45) is 11.5 Å². The number of rotatable bonds is 6. The van der Waals surface area contributed by atoms with Crippen molar-refractivity contribution < 1.29 is 24.7 Å². The van der Waals surface area contributed by atoms with E-state index in [1.54, 1.807) is 0 Å². The van der Waals surface area contributed by atoms with E-state index < -0.39 is 34.3 Å². The topological polar surface area (TPSA) is 196 Å². The number of carbonyl (C=O) groups excluding carboxylic acids is 1. The summed E-state index contributed by atoms with van der Waals surface area (Å²) < 4.78 is 0. The molecule has 8 N–H and O–H groups in total. The molecule has 2 rings (SSSR count). The van der Waals surface area contributed by atoms with Crippen LogP contribution in [-0.2, 0) is 11.2 Å². The third-order valence-electron chi connectivity index (χ3n) is 3.82. The predicted molar refractivity (Wildman–Crippen MR) is 92.4 cm³/mol. The maximum atomic E-state index is 11.6. The van der Waals surface area contributed by atoms with Crippen LogP contribution in [0.1, 0.15) is 15.9 Å². The number of aromatic hydroxyl groups is 1. The van der Waals surface area contributed by atoms with E-state index in [9.17, 15) is 24.8 Å². The number of hydrogen-bond acceptors (Lipinski definition) is 7. The Morgan fingerprint density at radius 3 is 2.42 bits per heavy atom. The van der Waals surface area contributed by atoms with Crippen molar-refractivity contribution in [3.8, 4) is 16.9 Å². The minimum Gasteiger partial charge on any atom is -0.507 e. The zero-order chi connectivity index (χ0) is 19.6. The molecule has 0 aliphatic heterocycles. The molecule has 0 spiro atoms. The Labute approximate surface area is 147 Å². The van der Waals surface area contributed by atoms with Gasteiger partial charge < -0.3 is 27.4 Å². The van der Waals surface area contributed by atoms with Gasteiger partial charge in [-0.1, -0.05) is 12.1 Å². The fourth-order valence-electron chi connectivity index (χ4n) is 2.58. The lowest BCUT2D eigenvalue weighted by Crippen LogP contribution is -2.32. The van der Waals surface area contributed by atoms with Gasteiger partial charge in [-0.25, -0.2) is 0 Å². The highest BCUT2D eigenvalue weighted by Crippen LogP contribution is 2.43. The number of para-hydroxylation sites is 1. The number of nitro groups is 1. The first-order chi connectivity index (χ1) is 12.1.